The van der Waals surface area contributed by atoms with Crippen LogP contribution in [0.3, 0.4) is 0 Å². The molecule has 0 aliphatic rings. The van der Waals surface area contributed by atoms with Crippen molar-refractivity contribution >= 4 is 24.8 Å². The van der Waals surface area contributed by atoms with Gasteiger partial charge in [-0.25, -0.2) is 0 Å². The van der Waals surface area contributed by atoms with Crippen molar-refractivity contribution in [3.8, 4) is 0 Å². The minimum Gasteiger partial charge on any atom is -0.326 e. The number of nitrogens with zero attached hydrogens (tertiary/aromatic N) is 1. The van der Waals surface area contributed by atoms with E-state index in [0.717, 1.165) is 0 Å². The zero-order valence-corrected chi connectivity index (χ0v) is 6.04. The minimum absolute atomic E-state index is 0. The van der Waals surface area contributed by atoms with Gasteiger partial charge in [0, 0.05) is 12.4 Å². The van der Waals surface area contributed by atoms with Crippen molar-refractivity contribution in [1.29, 1.82) is 0 Å². The summed E-state index contributed by atoms with van der Waals surface area (Å²) in [5.74, 6) is 0. The van der Waals surface area contributed by atoms with Gasteiger partial charge in [0.05, 0.1) is 6.20 Å². The monoisotopic (exact) mass is 168 g/mol. The third-order valence-electron chi connectivity index (χ3n) is 0.578. The Morgan fingerprint density at radius 1 is 1.44 bits per heavy atom. The van der Waals surface area contributed by atoms with Gasteiger partial charge in [0.15, 0.2) is 0 Å². The van der Waals surface area contributed by atoms with Crippen LogP contribution in [0.5, 0.6) is 0 Å². The second-order valence-electron chi connectivity index (χ2n) is 1.10. The highest BCUT2D eigenvalue weighted by Gasteiger charge is 1.70. The number of nitrogens with one attached hydrogen (secondary N) is 1. The van der Waals surface area contributed by atoms with E-state index >= 15 is 0 Å². The molecule has 0 aromatic carbocycles. The molecule has 1 heterocycles. The largest absolute Gasteiger partial charge is 0.326 e. The zero-order valence-electron chi connectivity index (χ0n) is 4.40. The second kappa shape index (κ2) is 5.59. The predicted octanol–water partition coefficient (Wildman–Crippen LogP) is 0.614. The molecule has 0 aliphatic carbocycles. The van der Waals surface area contributed by atoms with Crippen LogP contribution in [0.4, 0.5) is 0 Å². The summed E-state index contributed by atoms with van der Waals surface area (Å²) >= 11 is 0. The van der Waals surface area contributed by atoms with Crippen LogP contribution in [-0.4, -0.2) is 9.97 Å². The van der Waals surface area contributed by atoms with Crippen molar-refractivity contribution in [2.24, 2.45) is 0 Å². The number of halogens is 2. The van der Waals surface area contributed by atoms with E-state index < -0.39 is 0 Å². The standard InChI is InChI=1S/C4H4N2O.2ClH/c7-4-3-5-1-2-6-4;;/h1-3H,(H,6,7);2*1H. The minimum atomic E-state index is -0.164. The lowest BCUT2D eigenvalue weighted by Gasteiger charge is -1.73. The van der Waals surface area contributed by atoms with Crippen molar-refractivity contribution in [3.05, 3.63) is 28.9 Å². The van der Waals surface area contributed by atoms with Gasteiger partial charge in [-0.2, -0.15) is 0 Å². The molecule has 5 heteroatoms. The van der Waals surface area contributed by atoms with E-state index in [-0.39, 0.29) is 30.4 Å². The molecular formula is C4H6Cl2N2O. The molecule has 1 aromatic rings. The summed E-state index contributed by atoms with van der Waals surface area (Å²) in [6.45, 7) is 0. The Labute approximate surface area is 64.3 Å². The molecule has 1 aromatic heterocycles. The molecule has 3 nitrogen and oxygen atoms in total. The number of hydrogen-bond acceptors (Lipinski definition) is 2. The molecule has 52 valence electrons. The van der Waals surface area contributed by atoms with Crippen molar-refractivity contribution in [2.45, 2.75) is 0 Å². The lowest BCUT2D eigenvalue weighted by atomic mass is 10.8. The van der Waals surface area contributed by atoms with Crippen LogP contribution < -0.4 is 5.56 Å². The average Bonchev–Trinajstić information content (AvgIpc) is 1.69. The Hall–Kier alpha value is -0.540. The molecule has 0 aliphatic heterocycles. The Bertz CT molecular complexity index is 182. The summed E-state index contributed by atoms with van der Waals surface area (Å²) < 4.78 is 0. The van der Waals surface area contributed by atoms with E-state index in [1.165, 1.54) is 18.6 Å². The van der Waals surface area contributed by atoms with Crippen molar-refractivity contribution in [1.82, 2.24) is 9.97 Å². The topological polar surface area (TPSA) is 45.8 Å². The van der Waals surface area contributed by atoms with Crippen LogP contribution in [-0.2, 0) is 0 Å². The Kier molecular flexibility index (Phi) is 7.01. The smallest absolute Gasteiger partial charge is 0.266 e. The highest BCUT2D eigenvalue weighted by molar-refractivity contribution is 5.85. The van der Waals surface area contributed by atoms with E-state index in [4.69, 9.17) is 0 Å². The highest BCUT2D eigenvalue weighted by atomic mass is 35.5. The van der Waals surface area contributed by atoms with Crippen molar-refractivity contribution in [3.63, 3.8) is 0 Å². The molecule has 1 N–H and O–H groups in total. The van der Waals surface area contributed by atoms with Crippen LogP contribution >= 0.6 is 24.8 Å². The maximum atomic E-state index is 10.2. The zero-order chi connectivity index (χ0) is 5.11. The van der Waals surface area contributed by atoms with Gasteiger partial charge in [0.25, 0.3) is 5.56 Å². The predicted molar refractivity (Wildman–Crippen MR) is 39.4 cm³/mol. The Balaban J connectivity index is 0. The molecule has 0 unspecified atom stereocenters. The maximum absolute atomic E-state index is 10.2. The third kappa shape index (κ3) is 4.00. The molecule has 0 atom stereocenters. The SMILES string of the molecule is Cl.Cl.O=c1cncc[nH]1. The first-order chi connectivity index (χ1) is 3.39. The summed E-state index contributed by atoms with van der Waals surface area (Å²) in [6.07, 6.45) is 4.23. The van der Waals surface area contributed by atoms with Crippen LogP contribution in [0.25, 0.3) is 0 Å². The molecule has 1 rings (SSSR count). The molecule has 9 heavy (non-hydrogen) atoms. The lowest BCUT2D eigenvalue weighted by molar-refractivity contribution is 1.14. The molecule has 0 spiro atoms. The van der Waals surface area contributed by atoms with Crippen molar-refractivity contribution < 1.29 is 0 Å². The summed E-state index contributed by atoms with van der Waals surface area (Å²) in [5, 5.41) is 0. The number of hydrogen-bond donors (Lipinski definition) is 1. The van der Waals surface area contributed by atoms with Gasteiger partial charge in [-0.1, -0.05) is 0 Å². The molecule has 0 amide bonds. The maximum Gasteiger partial charge on any atom is 0.266 e. The summed E-state index contributed by atoms with van der Waals surface area (Å²) in [6, 6.07) is 0. The number of aromatic nitrogens is 2. The van der Waals surface area contributed by atoms with Crippen LogP contribution in [0.1, 0.15) is 0 Å². The first-order valence-corrected chi connectivity index (χ1v) is 1.88. The van der Waals surface area contributed by atoms with Crippen LogP contribution in [0.15, 0.2) is 23.4 Å². The number of rotatable bonds is 0. The fourth-order valence-corrected chi connectivity index (χ4v) is 0.310. The van der Waals surface area contributed by atoms with Gasteiger partial charge in [-0.15, -0.1) is 24.8 Å². The van der Waals surface area contributed by atoms with Crippen LogP contribution in [0.2, 0.25) is 0 Å². The molecule has 0 radical (unpaired) electrons. The first-order valence-electron chi connectivity index (χ1n) is 1.88. The molecule has 0 fully saturated rings. The summed E-state index contributed by atoms with van der Waals surface area (Å²) in [4.78, 5) is 16.1. The second-order valence-corrected chi connectivity index (χ2v) is 1.10. The van der Waals surface area contributed by atoms with Gasteiger partial charge in [-0.3, -0.25) is 9.78 Å². The first kappa shape index (κ1) is 11.3. The fraction of sp³-hybridized carbons (Fsp3) is 0. The van der Waals surface area contributed by atoms with Crippen LogP contribution in [0, 0.1) is 0 Å². The third-order valence-corrected chi connectivity index (χ3v) is 0.578. The lowest BCUT2D eigenvalue weighted by Crippen LogP contribution is -2.01. The van der Waals surface area contributed by atoms with Gasteiger partial charge in [-0.05, 0) is 0 Å². The van der Waals surface area contributed by atoms with Gasteiger partial charge >= 0.3 is 0 Å². The molecule has 0 bridgehead atoms. The van der Waals surface area contributed by atoms with E-state index in [1.807, 2.05) is 0 Å². The Morgan fingerprint density at radius 3 is 2.33 bits per heavy atom. The van der Waals surface area contributed by atoms with E-state index in [9.17, 15) is 4.79 Å². The van der Waals surface area contributed by atoms with E-state index in [1.54, 1.807) is 0 Å². The van der Waals surface area contributed by atoms with Gasteiger partial charge in [0.2, 0.25) is 0 Å². The van der Waals surface area contributed by atoms with Crippen molar-refractivity contribution in [2.75, 3.05) is 0 Å². The molecule has 0 saturated heterocycles. The Morgan fingerprint density at radius 2 is 2.11 bits per heavy atom. The fourth-order valence-electron chi connectivity index (χ4n) is 0.310. The quantitative estimate of drug-likeness (QED) is 0.618. The molecule has 0 saturated carbocycles. The highest BCUT2D eigenvalue weighted by Crippen LogP contribution is 1.57. The summed E-state index contributed by atoms with van der Waals surface area (Å²) in [5.41, 5.74) is -0.164. The average molecular weight is 169 g/mol. The molecular weight excluding hydrogens is 163 g/mol. The van der Waals surface area contributed by atoms with Gasteiger partial charge in [0.1, 0.15) is 0 Å². The number of H-pyrrole nitrogens is 1. The normalized spacial score (nSPS) is 6.67. The summed E-state index contributed by atoms with van der Waals surface area (Å²) in [7, 11) is 0. The van der Waals surface area contributed by atoms with Gasteiger partial charge < -0.3 is 4.98 Å². The van der Waals surface area contributed by atoms with E-state index in [2.05, 4.69) is 9.97 Å². The van der Waals surface area contributed by atoms with E-state index in [0.29, 0.717) is 0 Å². The number of aromatic amines is 1.